The Morgan fingerprint density at radius 2 is 1.80 bits per heavy atom. The Morgan fingerprint density at radius 1 is 1.60 bits per heavy atom. The molecule has 0 atom stereocenters. The lowest BCUT2D eigenvalue weighted by atomic mass is 11.6. The van der Waals surface area contributed by atoms with E-state index in [1.807, 2.05) is 0 Å². The molecule has 0 aliphatic carbocycles. The van der Waals surface area contributed by atoms with Gasteiger partial charge >= 0.3 is 0 Å². The topological polar surface area (TPSA) is 26.0 Å². The maximum atomic E-state index is 5.17. The van der Waals surface area contributed by atoms with Gasteiger partial charge in [0, 0.05) is 6.29 Å². The van der Waals surface area contributed by atoms with Crippen LogP contribution in [0.5, 0.6) is 0 Å². The fraction of sp³-hybridized carbons (Fsp3) is 1.00. The number of halogens is 2. The second-order valence-electron chi connectivity index (χ2n) is 0.486. The van der Waals surface area contributed by atoms with Crippen LogP contribution in [0.1, 0.15) is 0 Å². The summed E-state index contributed by atoms with van der Waals surface area (Å²) in [7, 11) is 0. The molecule has 1 nitrogen and oxygen atoms in total. The number of hydrogen-bond donors (Lipinski definition) is 1. The predicted molar refractivity (Wildman–Crippen MR) is 27.7 cm³/mol. The van der Waals surface area contributed by atoms with Crippen LogP contribution in [0.2, 0.25) is 0 Å². The van der Waals surface area contributed by atoms with Gasteiger partial charge in [0.05, 0.1) is 6.63 Å². The summed E-state index contributed by atoms with van der Waals surface area (Å²) < 4.78 is 0. The second kappa shape index (κ2) is 3.17. The van der Waals surface area contributed by atoms with Crippen molar-refractivity contribution in [2.45, 2.75) is 0 Å². The minimum absolute atomic E-state index is 0.401. The van der Waals surface area contributed by atoms with Gasteiger partial charge in [-0.1, -0.05) is 22.5 Å². The van der Waals surface area contributed by atoms with Gasteiger partial charge in [-0.2, -0.15) is 0 Å². The van der Waals surface area contributed by atoms with Crippen LogP contribution < -0.4 is 5.73 Å². The first-order valence-corrected chi connectivity index (χ1v) is 4.40. The largest absolute Gasteiger partial charge is 0.325 e. The zero-order chi connectivity index (χ0) is 4.28. The third-order valence-corrected chi connectivity index (χ3v) is 1.24. The minimum atomic E-state index is -0.876. The van der Waals surface area contributed by atoms with Gasteiger partial charge in [0.15, 0.2) is 0 Å². The summed E-state index contributed by atoms with van der Waals surface area (Å²) in [6, 6.07) is 0. The molecule has 0 rings (SSSR count). The van der Waals surface area contributed by atoms with Gasteiger partial charge in [-0.3, -0.25) is 0 Å². The van der Waals surface area contributed by atoms with Crippen molar-refractivity contribution in [1.29, 1.82) is 0 Å². The Labute approximate surface area is 41.8 Å². The fourth-order valence-electron chi connectivity index (χ4n) is 0. The molecule has 0 aromatic carbocycles. The number of rotatable bonds is 1. The van der Waals surface area contributed by atoms with E-state index in [1.54, 1.807) is 0 Å². The van der Waals surface area contributed by atoms with E-state index in [0.717, 1.165) is 0 Å². The molecule has 2 N–H and O–H groups in total. The lowest BCUT2D eigenvalue weighted by Crippen LogP contribution is -1.88. The van der Waals surface area contributed by atoms with Crippen LogP contribution in [0.15, 0.2) is 0 Å². The third kappa shape index (κ3) is 4.97. The highest BCUT2D eigenvalue weighted by atomic mass is 35.9. The van der Waals surface area contributed by atoms with Crippen molar-refractivity contribution < 1.29 is 0 Å². The molecule has 0 radical (unpaired) electrons. The van der Waals surface area contributed by atoms with Crippen molar-refractivity contribution in [3.8, 4) is 0 Å². The van der Waals surface area contributed by atoms with Gasteiger partial charge in [-0.05, 0) is 0 Å². The standard InChI is InChI=1S/CH4Cl2NP/c2-5(3)1-4/h1,4H2. The van der Waals surface area contributed by atoms with Crippen LogP contribution in [-0.4, -0.2) is 6.29 Å². The van der Waals surface area contributed by atoms with Crippen molar-refractivity contribution in [3.63, 3.8) is 0 Å². The molecule has 0 aliphatic rings. The van der Waals surface area contributed by atoms with Gasteiger partial charge in [0.25, 0.3) is 0 Å². The maximum Gasteiger partial charge on any atom is 0.0993 e. The molecule has 0 spiro atoms. The van der Waals surface area contributed by atoms with E-state index in [4.69, 9.17) is 28.2 Å². The minimum Gasteiger partial charge on any atom is -0.325 e. The Balaban J connectivity index is 2.54. The first kappa shape index (κ1) is 5.97. The molecule has 0 bridgehead atoms. The molecular weight excluding hydrogens is 128 g/mol. The highest BCUT2D eigenvalue weighted by molar-refractivity contribution is 8.03. The van der Waals surface area contributed by atoms with Crippen molar-refractivity contribution >= 4 is 29.1 Å². The van der Waals surface area contributed by atoms with Gasteiger partial charge in [0.1, 0.15) is 0 Å². The average molecular weight is 132 g/mol. The van der Waals surface area contributed by atoms with Crippen LogP contribution in [0.3, 0.4) is 0 Å². The Morgan fingerprint density at radius 3 is 1.80 bits per heavy atom. The molecule has 0 saturated heterocycles. The lowest BCUT2D eigenvalue weighted by Gasteiger charge is -1.84. The molecule has 5 heavy (non-hydrogen) atoms. The SMILES string of the molecule is NCP(Cl)Cl. The molecular formula is CH4Cl2NP. The second-order valence-corrected chi connectivity index (χ2v) is 4.42. The van der Waals surface area contributed by atoms with E-state index in [1.165, 1.54) is 0 Å². The van der Waals surface area contributed by atoms with Crippen LogP contribution in [0, 0.1) is 0 Å². The van der Waals surface area contributed by atoms with Crippen LogP contribution in [0.4, 0.5) is 0 Å². The molecule has 0 fully saturated rings. The summed E-state index contributed by atoms with van der Waals surface area (Å²) in [5.74, 6) is 0. The summed E-state index contributed by atoms with van der Waals surface area (Å²) >= 11 is 10.3. The molecule has 0 aliphatic heterocycles. The highest BCUT2D eigenvalue weighted by Gasteiger charge is 1.86. The smallest absolute Gasteiger partial charge is 0.0993 e. The highest BCUT2D eigenvalue weighted by Crippen LogP contribution is 2.43. The van der Waals surface area contributed by atoms with Crippen molar-refractivity contribution in [3.05, 3.63) is 0 Å². The van der Waals surface area contributed by atoms with E-state index in [-0.39, 0.29) is 0 Å². The summed E-state index contributed by atoms with van der Waals surface area (Å²) in [6.45, 7) is -0.876. The van der Waals surface area contributed by atoms with E-state index in [0.29, 0.717) is 6.29 Å². The quantitative estimate of drug-likeness (QED) is 0.539. The van der Waals surface area contributed by atoms with E-state index >= 15 is 0 Å². The Kier molecular flexibility index (Phi) is 3.79. The van der Waals surface area contributed by atoms with Crippen LogP contribution in [-0.2, 0) is 0 Å². The summed E-state index contributed by atoms with van der Waals surface area (Å²) in [5, 5.41) is 0. The van der Waals surface area contributed by atoms with Crippen LogP contribution in [0.25, 0.3) is 0 Å². The molecule has 0 unspecified atom stereocenters. The first-order chi connectivity index (χ1) is 2.27. The predicted octanol–water partition coefficient (Wildman–Crippen LogP) is 1.69. The molecule has 0 heterocycles. The average Bonchev–Trinajstić information content (AvgIpc) is 1.38. The van der Waals surface area contributed by atoms with Crippen molar-refractivity contribution in [2.75, 3.05) is 6.29 Å². The van der Waals surface area contributed by atoms with Gasteiger partial charge in [0.2, 0.25) is 0 Å². The molecule has 32 valence electrons. The third-order valence-electron chi connectivity index (χ3n) is 0.138. The number of nitrogens with two attached hydrogens (primary N) is 1. The fourth-order valence-corrected chi connectivity index (χ4v) is 0. The zero-order valence-electron chi connectivity index (χ0n) is 2.49. The Bertz CT molecular complexity index is 23.6. The molecule has 0 amide bonds. The van der Waals surface area contributed by atoms with Crippen molar-refractivity contribution in [2.24, 2.45) is 5.73 Å². The van der Waals surface area contributed by atoms with Gasteiger partial charge in [-0.15, -0.1) is 0 Å². The normalized spacial score (nSPS) is 9.60. The summed E-state index contributed by atoms with van der Waals surface area (Å²) in [6.07, 6.45) is 0.401. The van der Waals surface area contributed by atoms with E-state index < -0.39 is 6.63 Å². The summed E-state index contributed by atoms with van der Waals surface area (Å²) in [4.78, 5) is 0. The van der Waals surface area contributed by atoms with Gasteiger partial charge in [-0.25, -0.2) is 0 Å². The number of hydrogen-bond acceptors (Lipinski definition) is 1. The summed E-state index contributed by atoms with van der Waals surface area (Å²) in [5.41, 5.74) is 4.94. The monoisotopic (exact) mass is 131 g/mol. The van der Waals surface area contributed by atoms with Crippen molar-refractivity contribution in [1.82, 2.24) is 0 Å². The van der Waals surface area contributed by atoms with E-state index in [9.17, 15) is 0 Å². The molecule has 0 saturated carbocycles. The maximum absolute atomic E-state index is 5.17. The molecule has 4 heteroatoms. The van der Waals surface area contributed by atoms with Gasteiger partial charge < -0.3 is 5.73 Å². The van der Waals surface area contributed by atoms with E-state index in [2.05, 4.69) is 0 Å². The molecule has 0 aromatic heterocycles. The lowest BCUT2D eigenvalue weighted by molar-refractivity contribution is 1.40. The van der Waals surface area contributed by atoms with Crippen LogP contribution >= 0.6 is 29.1 Å². The Hall–Kier alpha value is 0.970. The molecule has 0 aromatic rings. The zero-order valence-corrected chi connectivity index (χ0v) is 4.89. The first-order valence-electron chi connectivity index (χ1n) is 1.06.